The van der Waals surface area contributed by atoms with Crippen molar-refractivity contribution in [2.75, 3.05) is 26.2 Å². The number of nitrogens with one attached hydrogen (secondary N) is 2. The van der Waals surface area contributed by atoms with E-state index in [1.54, 1.807) is 6.07 Å². The molecule has 0 bridgehead atoms. The van der Waals surface area contributed by atoms with Crippen molar-refractivity contribution in [1.29, 1.82) is 0 Å². The van der Waals surface area contributed by atoms with Gasteiger partial charge in [-0.3, -0.25) is 9.59 Å². The zero-order chi connectivity index (χ0) is 27.5. The van der Waals surface area contributed by atoms with Crippen LogP contribution in [0.25, 0.3) is 10.9 Å². The molecule has 2 aliphatic rings. The number of fused-ring (bicyclic) bond motifs is 1. The van der Waals surface area contributed by atoms with Crippen LogP contribution in [0.5, 0.6) is 5.75 Å². The molecule has 7 nitrogen and oxygen atoms in total. The Kier molecular flexibility index (Phi) is 8.21. The van der Waals surface area contributed by atoms with Gasteiger partial charge in [0, 0.05) is 61.4 Å². The molecule has 8 heteroatoms. The zero-order valence-corrected chi connectivity index (χ0v) is 23.1. The maximum absolute atomic E-state index is 14.5. The Morgan fingerprint density at radius 3 is 2.49 bits per heavy atom. The molecule has 2 N–H and O–H groups in total. The lowest BCUT2D eigenvalue weighted by molar-refractivity contribution is -0.132. The number of hydrogen-bond donors (Lipinski definition) is 2. The molecule has 5 rings (SSSR count). The fraction of sp³-hybridized carbons (Fsp3) is 0.484. The molecule has 2 aromatic carbocycles. The van der Waals surface area contributed by atoms with Crippen molar-refractivity contribution in [1.82, 2.24) is 20.1 Å². The third-order valence-corrected chi connectivity index (χ3v) is 8.02. The first kappa shape index (κ1) is 27.2. The second-order valence-corrected chi connectivity index (χ2v) is 11.2. The predicted molar refractivity (Wildman–Crippen MR) is 151 cm³/mol. The summed E-state index contributed by atoms with van der Waals surface area (Å²) in [6.45, 7) is 9.15. The van der Waals surface area contributed by atoms with Gasteiger partial charge in [-0.2, -0.15) is 0 Å². The number of aromatic nitrogens is 1. The highest BCUT2D eigenvalue weighted by Crippen LogP contribution is 2.25. The number of benzene rings is 2. The van der Waals surface area contributed by atoms with Crippen LogP contribution < -0.4 is 10.1 Å². The average Bonchev–Trinajstić information content (AvgIpc) is 3.30. The molecule has 0 aliphatic carbocycles. The Balaban J connectivity index is 1.07. The van der Waals surface area contributed by atoms with Crippen LogP contribution in [-0.2, 0) is 11.2 Å². The van der Waals surface area contributed by atoms with Crippen LogP contribution in [0.15, 0.2) is 42.6 Å². The van der Waals surface area contributed by atoms with E-state index in [1.165, 1.54) is 17.7 Å². The van der Waals surface area contributed by atoms with Gasteiger partial charge in [-0.05, 0) is 76.3 Å². The Morgan fingerprint density at radius 1 is 1.05 bits per heavy atom. The van der Waals surface area contributed by atoms with Crippen LogP contribution in [0.2, 0.25) is 0 Å². The normalized spacial score (nSPS) is 17.6. The average molecular weight is 535 g/mol. The monoisotopic (exact) mass is 534 g/mol. The summed E-state index contributed by atoms with van der Waals surface area (Å²) < 4.78 is 20.0. The molecule has 39 heavy (non-hydrogen) atoms. The third-order valence-electron chi connectivity index (χ3n) is 8.02. The molecule has 3 heterocycles. The number of carbonyl (C=O) groups excluding carboxylic acids is 2. The highest BCUT2D eigenvalue weighted by Gasteiger charge is 2.30. The molecular weight excluding hydrogens is 495 g/mol. The minimum Gasteiger partial charge on any atom is -0.491 e. The number of rotatable bonds is 7. The molecule has 1 aromatic heterocycles. The van der Waals surface area contributed by atoms with Gasteiger partial charge in [0.1, 0.15) is 11.6 Å². The molecule has 2 amide bonds. The standard InChI is InChI=1S/C31H39FN4O3/c1-20(2)39-25-5-6-26(28(32)18-25)31(38)34-23-8-12-35(13-9-23)24-10-14-36(15-11-24)30(37)17-22-19-33-29-7-4-21(3)16-27(22)29/h4-7,16,18-20,23-24,33H,8-15,17H2,1-3H3,(H,34,38). The minimum atomic E-state index is -0.566. The predicted octanol–water partition coefficient (Wildman–Crippen LogP) is 4.83. The number of ether oxygens (including phenoxy) is 1. The van der Waals surface area contributed by atoms with Crippen LogP contribution in [0, 0.1) is 12.7 Å². The number of carbonyl (C=O) groups is 2. The number of amides is 2. The van der Waals surface area contributed by atoms with E-state index in [0.29, 0.717) is 18.2 Å². The van der Waals surface area contributed by atoms with E-state index >= 15 is 0 Å². The fourth-order valence-corrected chi connectivity index (χ4v) is 5.89. The summed E-state index contributed by atoms with van der Waals surface area (Å²) in [7, 11) is 0. The van der Waals surface area contributed by atoms with Crippen molar-refractivity contribution in [2.24, 2.45) is 0 Å². The Morgan fingerprint density at radius 2 is 1.79 bits per heavy atom. The van der Waals surface area contributed by atoms with E-state index in [9.17, 15) is 14.0 Å². The summed E-state index contributed by atoms with van der Waals surface area (Å²) >= 11 is 0. The van der Waals surface area contributed by atoms with Gasteiger partial charge in [-0.1, -0.05) is 11.6 Å². The summed E-state index contributed by atoms with van der Waals surface area (Å²) in [5.74, 6) is -0.329. The third kappa shape index (κ3) is 6.44. The van der Waals surface area contributed by atoms with E-state index in [-0.39, 0.29) is 29.5 Å². The molecule has 2 aliphatic heterocycles. The van der Waals surface area contributed by atoms with Crippen molar-refractivity contribution in [3.8, 4) is 5.75 Å². The quantitative estimate of drug-likeness (QED) is 0.455. The first-order chi connectivity index (χ1) is 18.8. The maximum Gasteiger partial charge on any atom is 0.254 e. The van der Waals surface area contributed by atoms with E-state index in [0.717, 1.165) is 68.3 Å². The van der Waals surface area contributed by atoms with Crippen LogP contribution in [0.1, 0.15) is 61.0 Å². The van der Waals surface area contributed by atoms with E-state index in [4.69, 9.17) is 4.74 Å². The molecule has 2 fully saturated rings. The summed E-state index contributed by atoms with van der Waals surface area (Å²) in [5.41, 5.74) is 3.37. The van der Waals surface area contributed by atoms with Gasteiger partial charge in [-0.25, -0.2) is 4.39 Å². The number of nitrogens with zero attached hydrogens (tertiary/aromatic N) is 2. The minimum absolute atomic E-state index is 0.0289. The molecule has 0 atom stereocenters. The van der Waals surface area contributed by atoms with Crippen LogP contribution in [0.4, 0.5) is 4.39 Å². The lowest BCUT2D eigenvalue weighted by Crippen LogP contribution is -2.52. The van der Waals surface area contributed by atoms with Crippen molar-refractivity contribution in [3.63, 3.8) is 0 Å². The van der Waals surface area contributed by atoms with E-state index < -0.39 is 5.82 Å². The maximum atomic E-state index is 14.5. The van der Waals surface area contributed by atoms with Gasteiger partial charge < -0.3 is 24.8 Å². The Hall–Kier alpha value is -3.39. The molecule has 3 aromatic rings. The van der Waals surface area contributed by atoms with Crippen LogP contribution in [-0.4, -0.2) is 71.0 Å². The number of aromatic amines is 1. The highest BCUT2D eigenvalue weighted by atomic mass is 19.1. The number of halogens is 1. The number of H-pyrrole nitrogens is 1. The second-order valence-electron chi connectivity index (χ2n) is 11.2. The molecule has 0 unspecified atom stereocenters. The molecule has 208 valence electrons. The van der Waals surface area contributed by atoms with E-state index in [2.05, 4.69) is 40.3 Å². The van der Waals surface area contributed by atoms with Gasteiger partial charge >= 0.3 is 0 Å². The van der Waals surface area contributed by atoms with E-state index in [1.807, 2.05) is 24.9 Å². The van der Waals surface area contributed by atoms with Crippen molar-refractivity contribution >= 4 is 22.7 Å². The molecule has 0 saturated carbocycles. The zero-order valence-electron chi connectivity index (χ0n) is 23.1. The van der Waals surface area contributed by atoms with Gasteiger partial charge in [0.15, 0.2) is 0 Å². The fourth-order valence-electron chi connectivity index (χ4n) is 5.89. The molecule has 0 spiro atoms. The topological polar surface area (TPSA) is 77.7 Å². The van der Waals surface area contributed by atoms with Crippen molar-refractivity contribution in [2.45, 2.75) is 71.1 Å². The van der Waals surface area contributed by atoms with Gasteiger partial charge in [0.2, 0.25) is 5.91 Å². The van der Waals surface area contributed by atoms with Crippen molar-refractivity contribution < 1.29 is 18.7 Å². The molecule has 0 radical (unpaired) electrons. The first-order valence-corrected chi connectivity index (χ1v) is 14.1. The smallest absolute Gasteiger partial charge is 0.254 e. The summed E-state index contributed by atoms with van der Waals surface area (Å²) in [6.07, 6.45) is 5.92. The van der Waals surface area contributed by atoms with Gasteiger partial charge in [0.05, 0.1) is 18.1 Å². The van der Waals surface area contributed by atoms with Crippen molar-refractivity contribution in [3.05, 3.63) is 65.1 Å². The largest absolute Gasteiger partial charge is 0.491 e. The number of likely N-dealkylation sites (tertiary alicyclic amines) is 2. The number of hydrogen-bond acceptors (Lipinski definition) is 4. The SMILES string of the molecule is Cc1ccc2[nH]cc(CC(=O)N3CCC(N4CCC(NC(=O)c5ccc(OC(C)C)cc5F)CC4)CC3)c2c1. The molecular formula is C31H39FN4O3. The Labute approximate surface area is 229 Å². The number of piperidine rings is 2. The summed E-state index contributed by atoms with van der Waals surface area (Å²) in [4.78, 5) is 33.5. The second kappa shape index (κ2) is 11.8. The lowest BCUT2D eigenvalue weighted by Gasteiger charge is -2.42. The van der Waals surface area contributed by atoms with Gasteiger partial charge in [-0.15, -0.1) is 0 Å². The molecule has 2 saturated heterocycles. The highest BCUT2D eigenvalue weighted by molar-refractivity contribution is 5.94. The van der Waals surface area contributed by atoms with Crippen LogP contribution in [0.3, 0.4) is 0 Å². The van der Waals surface area contributed by atoms with Gasteiger partial charge in [0.25, 0.3) is 5.91 Å². The number of aryl methyl sites for hydroxylation is 1. The summed E-state index contributed by atoms with van der Waals surface area (Å²) in [6, 6.07) is 11.2. The first-order valence-electron chi connectivity index (χ1n) is 14.1. The van der Waals surface area contributed by atoms with Crippen LogP contribution >= 0.6 is 0 Å². The Bertz CT molecular complexity index is 1320. The lowest BCUT2D eigenvalue weighted by atomic mass is 9.97. The summed E-state index contributed by atoms with van der Waals surface area (Å²) in [5, 5.41) is 4.15.